The maximum Gasteiger partial charge on any atom is 1.00 e. The van der Waals surface area contributed by atoms with Gasteiger partial charge in [0.15, 0.2) is 0 Å². The third-order valence-corrected chi connectivity index (χ3v) is 3.38. The minimum Gasteiger partial charge on any atom is -0.857 e. The van der Waals surface area contributed by atoms with Gasteiger partial charge in [-0.3, -0.25) is 0 Å². The molecule has 0 unspecified atom stereocenters. The number of para-hydroxylation sites is 1. The Balaban J connectivity index is 0.00000225. The Bertz CT molecular complexity index is 923. The molecule has 3 aromatic rings. The van der Waals surface area contributed by atoms with Gasteiger partial charge < -0.3 is 10.2 Å². The first-order valence-corrected chi connectivity index (χ1v) is 7.14. The fraction of sp³-hybridized carbons (Fsp3) is 0.0588. The number of aromatic nitrogens is 2. The van der Waals surface area contributed by atoms with Crippen LogP contribution >= 0.6 is 0 Å². The standard InChI is InChI=1S/C17H14N4O3.Na/c1-11-15(16(22)21(20-11)12-7-3-2-4-8-12)19-18-14-10-6-5-9-13(14)17(23)24;/h2-10,22H,1H3,(H,23,24);/q;+1/p-1. The number of hydrogen-bond acceptors (Lipinski definition) is 5. The summed E-state index contributed by atoms with van der Waals surface area (Å²) in [7, 11) is 0. The van der Waals surface area contributed by atoms with Crippen molar-refractivity contribution in [2.75, 3.05) is 0 Å². The second-order valence-corrected chi connectivity index (χ2v) is 5.01. The molecule has 0 fully saturated rings. The number of carbonyl (C=O) groups is 1. The molecule has 25 heavy (non-hydrogen) atoms. The van der Waals surface area contributed by atoms with Crippen molar-refractivity contribution in [1.29, 1.82) is 0 Å². The molecule has 0 spiro atoms. The molecule has 0 atom stereocenters. The van der Waals surface area contributed by atoms with Crippen LogP contribution in [0.2, 0.25) is 0 Å². The van der Waals surface area contributed by atoms with Crippen LogP contribution in [0.3, 0.4) is 0 Å². The maximum atomic E-state index is 12.5. The number of azo groups is 1. The average molecular weight is 344 g/mol. The summed E-state index contributed by atoms with van der Waals surface area (Å²) in [6.07, 6.45) is 0. The van der Waals surface area contributed by atoms with E-state index in [1.165, 1.54) is 16.8 Å². The number of aryl methyl sites for hydroxylation is 1. The average Bonchev–Trinajstić information content (AvgIpc) is 2.88. The molecule has 0 saturated carbocycles. The van der Waals surface area contributed by atoms with Gasteiger partial charge in [0, 0.05) is 5.88 Å². The van der Waals surface area contributed by atoms with Gasteiger partial charge in [-0.25, -0.2) is 9.48 Å². The van der Waals surface area contributed by atoms with Gasteiger partial charge >= 0.3 is 35.5 Å². The second-order valence-electron chi connectivity index (χ2n) is 5.01. The van der Waals surface area contributed by atoms with Gasteiger partial charge in [0.1, 0.15) is 11.4 Å². The molecule has 0 aliphatic heterocycles. The van der Waals surface area contributed by atoms with E-state index in [0.29, 0.717) is 11.4 Å². The van der Waals surface area contributed by atoms with Gasteiger partial charge in [-0.15, -0.1) is 10.2 Å². The predicted molar refractivity (Wildman–Crippen MR) is 85.3 cm³/mol. The molecule has 0 saturated heterocycles. The summed E-state index contributed by atoms with van der Waals surface area (Å²) < 4.78 is 1.24. The SMILES string of the molecule is Cc1nn(-c2ccccc2)c([O-])c1N=Nc1ccccc1C(=O)O.[Na+]. The smallest absolute Gasteiger partial charge is 0.857 e. The Morgan fingerprint density at radius 3 is 2.40 bits per heavy atom. The van der Waals surface area contributed by atoms with E-state index < -0.39 is 11.8 Å². The fourth-order valence-electron chi connectivity index (χ4n) is 2.20. The first-order chi connectivity index (χ1) is 11.6. The minimum atomic E-state index is -1.11. The third kappa shape index (κ3) is 3.96. The van der Waals surface area contributed by atoms with Crippen molar-refractivity contribution >= 4 is 17.3 Å². The van der Waals surface area contributed by atoms with Gasteiger partial charge in [-0.05, 0) is 31.2 Å². The van der Waals surface area contributed by atoms with E-state index in [2.05, 4.69) is 15.3 Å². The number of carboxylic acids is 1. The summed E-state index contributed by atoms with van der Waals surface area (Å²) in [6.45, 7) is 1.65. The second kappa shape index (κ2) is 8.06. The molecule has 1 aromatic heterocycles. The van der Waals surface area contributed by atoms with Crippen molar-refractivity contribution in [3.8, 4) is 11.6 Å². The quantitative estimate of drug-likeness (QED) is 0.545. The van der Waals surface area contributed by atoms with E-state index in [-0.39, 0.29) is 46.5 Å². The molecule has 0 amide bonds. The van der Waals surface area contributed by atoms with E-state index in [1.54, 1.807) is 43.3 Å². The van der Waals surface area contributed by atoms with Crippen LogP contribution in [0.5, 0.6) is 5.88 Å². The molecule has 3 rings (SSSR count). The summed E-state index contributed by atoms with van der Waals surface area (Å²) in [5, 5.41) is 33.6. The maximum absolute atomic E-state index is 12.5. The van der Waals surface area contributed by atoms with Gasteiger partial charge in [0.2, 0.25) is 0 Å². The summed E-state index contributed by atoms with van der Waals surface area (Å²) in [5.74, 6) is -1.51. The van der Waals surface area contributed by atoms with Crippen LogP contribution in [-0.2, 0) is 0 Å². The first-order valence-electron chi connectivity index (χ1n) is 7.14. The van der Waals surface area contributed by atoms with Gasteiger partial charge in [-0.1, -0.05) is 30.3 Å². The van der Waals surface area contributed by atoms with Crippen molar-refractivity contribution in [2.24, 2.45) is 10.2 Å². The Labute approximate surface area is 165 Å². The molecule has 2 aromatic carbocycles. The van der Waals surface area contributed by atoms with E-state index >= 15 is 0 Å². The molecule has 0 radical (unpaired) electrons. The van der Waals surface area contributed by atoms with Crippen LogP contribution in [0.15, 0.2) is 64.8 Å². The fourth-order valence-corrected chi connectivity index (χ4v) is 2.20. The minimum absolute atomic E-state index is 0. The van der Waals surface area contributed by atoms with Gasteiger partial charge in [-0.2, -0.15) is 5.10 Å². The number of hydrogen-bond donors (Lipinski definition) is 1. The number of rotatable bonds is 4. The zero-order chi connectivity index (χ0) is 17.1. The van der Waals surface area contributed by atoms with Crippen molar-refractivity contribution in [3.63, 3.8) is 0 Å². The van der Waals surface area contributed by atoms with Crippen LogP contribution in [-0.4, -0.2) is 20.9 Å². The normalized spacial score (nSPS) is 10.6. The first kappa shape index (κ1) is 18.9. The van der Waals surface area contributed by atoms with E-state index in [9.17, 15) is 9.90 Å². The van der Waals surface area contributed by atoms with E-state index in [4.69, 9.17) is 5.11 Å². The summed E-state index contributed by atoms with van der Waals surface area (Å²) in [6, 6.07) is 15.2. The molecule has 1 heterocycles. The molecule has 7 nitrogen and oxygen atoms in total. The van der Waals surface area contributed by atoms with Crippen LogP contribution in [0, 0.1) is 6.92 Å². The number of carboxylic acid groups (broad SMARTS) is 1. The molecule has 0 aliphatic carbocycles. The van der Waals surface area contributed by atoms with Crippen molar-refractivity contribution < 1.29 is 44.6 Å². The topological polar surface area (TPSA) is 103 Å². The van der Waals surface area contributed by atoms with Crippen molar-refractivity contribution in [1.82, 2.24) is 9.78 Å². The van der Waals surface area contributed by atoms with E-state index in [1.807, 2.05) is 6.07 Å². The number of nitrogens with zero attached hydrogens (tertiary/aromatic N) is 4. The monoisotopic (exact) mass is 344 g/mol. The van der Waals surface area contributed by atoms with Gasteiger partial charge in [0.05, 0.1) is 16.9 Å². The van der Waals surface area contributed by atoms with Crippen LogP contribution in [0.25, 0.3) is 5.69 Å². The number of aromatic carboxylic acids is 1. The molecule has 0 bridgehead atoms. The van der Waals surface area contributed by atoms with Crippen molar-refractivity contribution in [2.45, 2.75) is 6.92 Å². The number of benzene rings is 2. The molecule has 8 heteroatoms. The molecule has 120 valence electrons. The molecular weight excluding hydrogens is 331 g/mol. The zero-order valence-electron chi connectivity index (χ0n) is 13.7. The van der Waals surface area contributed by atoms with Crippen LogP contribution < -0.4 is 34.7 Å². The molecule has 0 aliphatic rings. The summed E-state index contributed by atoms with van der Waals surface area (Å²) in [5.41, 5.74) is 1.32. The van der Waals surface area contributed by atoms with Crippen LogP contribution in [0.4, 0.5) is 11.4 Å². The van der Waals surface area contributed by atoms with Crippen LogP contribution in [0.1, 0.15) is 16.1 Å². The molecular formula is C17H13N4NaO3. The van der Waals surface area contributed by atoms with Crippen molar-refractivity contribution in [3.05, 3.63) is 65.9 Å². The Kier molecular flexibility index (Phi) is 6.08. The summed E-state index contributed by atoms with van der Waals surface area (Å²) >= 11 is 0. The van der Waals surface area contributed by atoms with E-state index in [0.717, 1.165) is 0 Å². The Morgan fingerprint density at radius 1 is 1.08 bits per heavy atom. The Hall–Kier alpha value is -2.48. The third-order valence-electron chi connectivity index (χ3n) is 3.38. The largest absolute Gasteiger partial charge is 1.00 e. The van der Waals surface area contributed by atoms with Gasteiger partial charge in [0.25, 0.3) is 0 Å². The Morgan fingerprint density at radius 2 is 1.72 bits per heavy atom. The predicted octanol–water partition coefficient (Wildman–Crippen LogP) is 0.372. The zero-order valence-corrected chi connectivity index (χ0v) is 15.7. The summed E-state index contributed by atoms with van der Waals surface area (Å²) in [4.78, 5) is 11.2. The molecule has 1 N–H and O–H groups in total.